The molecule has 96 valence electrons. The Kier molecular flexibility index (Phi) is 3.66. The summed E-state index contributed by atoms with van der Waals surface area (Å²) in [7, 11) is 1.96. The Morgan fingerprint density at radius 3 is 2.53 bits per heavy atom. The van der Waals surface area contributed by atoms with Gasteiger partial charge in [0, 0.05) is 32.6 Å². The van der Waals surface area contributed by atoms with E-state index in [1.54, 1.807) is 0 Å². The van der Waals surface area contributed by atoms with Crippen molar-refractivity contribution in [1.82, 2.24) is 9.80 Å². The van der Waals surface area contributed by atoms with Crippen molar-refractivity contribution in [2.24, 2.45) is 17.6 Å². The van der Waals surface area contributed by atoms with Crippen LogP contribution in [0.2, 0.25) is 0 Å². The predicted octanol–water partition coefficient (Wildman–Crippen LogP) is -0.338. The van der Waals surface area contributed by atoms with Crippen molar-refractivity contribution in [3.63, 3.8) is 0 Å². The molecule has 2 aliphatic rings. The molecule has 0 bridgehead atoms. The van der Waals surface area contributed by atoms with E-state index in [4.69, 9.17) is 5.73 Å². The lowest BCUT2D eigenvalue weighted by Crippen LogP contribution is -2.40. The Morgan fingerprint density at radius 2 is 1.94 bits per heavy atom. The first-order valence-electron chi connectivity index (χ1n) is 6.32. The van der Waals surface area contributed by atoms with Crippen LogP contribution in [0.4, 0.5) is 0 Å². The number of amides is 2. The fourth-order valence-corrected chi connectivity index (χ4v) is 2.28. The molecule has 0 aromatic carbocycles. The van der Waals surface area contributed by atoms with Gasteiger partial charge < -0.3 is 15.5 Å². The molecule has 0 aromatic rings. The first kappa shape index (κ1) is 12.4. The van der Waals surface area contributed by atoms with Gasteiger partial charge in [0.05, 0.1) is 5.92 Å². The molecule has 2 rings (SSSR count). The number of likely N-dealkylation sites (N-methyl/N-ethyl adjacent to an activating group) is 1. The molecule has 0 unspecified atom stereocenters. The topological polar surface area (TPSA) is 66.6 Å². The molecule has 1 saturated heterocycles. The molecule has 0 radical (unpaired) electrons. The van der Waals surface area contributed by atoms with Crippen molar-refractivity contribution >= 4 is 11.8 Å². The summed E-state index contributed by atoms with van der Waals surface area (Å²) in [6.45, 7) is 2.68. The van der Waals surface area contributed by atoms with Crippen LogP contribution in [0, 0.1) is 11.8 Å². The van der Waals surface area contributed by atoms with E-state index in [0.717, 1.165) is 6.54 Å². The SMILES string of the molecule is CN1CCN(C(=O)CC2CC2)C[C@@H](C(N)=O)C1. The van der Waals surface area contributed by atoms with E-state index in [1.165, 1.54) is 12.8 Å². The third-order valence-corrected chi connectivity index (χ3v) is 3.64. The molecule has 1 aliphatic carbocycles. The summed E-state index contributed by atoms with van der Waals surface area (Å²) in [4.78, 5) is 27.2. The smallest absolute Gasteiger partial charge is 0.223 e. The molecule has 5 heteroatoms. The molecule has 2 amide bonds. The predicted molar refractivity (Wildman–Crippen MR) is 64.1 cm³/mol. The Hall–Kier alpha value is -1.10. The van der Waals surface area contributed by atoms with Crippen LogP contribution in [-0.2, 0) is 9.59 Å². The summed E-state index contributed by atoms with van der Waals surface area (Å²) in [6, 6.07) is 0. The van der Waals surface area contributed by atoms with E-state index in [2.05, 4.69) is 4.90 Å². The molecule has 0 aromatic heterocycles. The monoisotopic (exact) mass is 239 g/mol. The molecule has 2 N–H and O–H groups in total. The number of primary amides is 1. The Balaban J connectivity index is 1.95. The quantitative estimate of drug-likeness (QED) is 0.733. The molecule has 1 aliphatic heterocycles. The maximum absolute atomic E-state index is 12.0. The van der Waals surface area contributed by atoms with E-state index in [-0.39, 0.29) is 17.7 Å². The summed E-state index contributed by atoms with van der Waals surface area (Å²) in [5, 5.41) is 0. The van der Waals surface area contributed by atoms with Crippen LogP contribution in [0.5, 0.6) is 0 Å². The van der Waals surface area contributed by atoms with E-state index in [9.17, 15) is 9.59 Å². The van der Waals surface area contributed by atoms with Gasteiger partial charge >= 0.3 is 0 Å². The molecule has 1 atom stereocenters. The van der Waals surface area contributed by atoms with Gasteiger partial charge in [-0.3, -0.25) is 9.59 Å². The number of carbonyl (C=O) groups excluding carboxylic acids is 2. The first-order valence-corrected chi connectivity index (χ1v) is 6.32. The first-order chi connectivity index (χ1) is 8.06. The zero-order valence-electron chi connectivity index (χ0n) is 10.4. The molecule has 2 fully saturated rings. The van der Waals surface area contributed by atoms with Crippen molar-refractivity contribution in [2.75, 3.05) is 33.2 Å². The van der Waals surface area contributed by atoms with Crippen LogP contribution in [0.25, 0.3) is 0 Å². The van der Waals surface area contributed by atoms with Gasteiger partial charge in [0.1, 0.15) is 0 Å². The van der Waals surface area contributed by atoms with Crippen LogP contribution >= 0.6 is 0 Å². The van der Waals surface area contributed by atoms with E-state index in [0.29, 0.717) is 32.0 Å². The summed E-state index contributed by atoms with van der Waals surface area (Å²) in [5.41, 5.74) is 5.37. The minimum absolute atomic E-state index is 0.189. The highest BCUT2D eigenvalue weighted by Crippen LogP contribution is 2.33. The minimum atomic E-state index is -0.303. The van der Waals surface area contributed by atoms with Gasteiger partial charge in [0.25, 0.3) is 0 Å². The van der Waals surface area contributed by atoms with Crippen molar-refractivity contribution in [3.8, 4) is 0 Å². The lowest BCUT2D eigenvalue weighted by Gasteiger charge is -2.22. The molecule has 17 heavy (non-hydrogen) atoms. The lowest BCUT2D eigenvalue weighted by molar-refractivity contribution is -0.132. The van der Waals surface area contributed by atoms with Crippen molar-refractivity contribution in [1.29, 1.82) is 0 Å². The molecule has 0 spiro atoms. The highest BCUT2D eigenvalue weighted by molar-refractivity contribution is 5.80. The van der Waals surface area contributed by atoms with Crippen molar-refractivity contribution in [2.45, 2.75) is 19.3 Å². The summed E-state index contributed by atoms with van der Waals surface area (Å²) < 4.78 is 0. The average molecular weight is 239 g/mol. The largest absolute Gasteiger partial charge is 0.369 e. The maximum atomic E-state index is 12.0. The number of hydrogen-bond acceptors (Lipinski definition) is 3. The molecule has 5 nitrogen and oxygen atoms in total. The second-order valence-corrected chi connectivity index (χ2v) is 5.35. The average Bonchev–Trinajstić information content (AvgIpc) is 3.05. The fraction of sp³-hybridized carbons (Fsp3) is 0.833. The third-order valence-electron chi connectivity index (χ3n) is 3.64. The second-order valence-electron chi connectivity index (χ2n) is 5.35. The zero-order chi connectivity index (χ0) is 12.4. The van der Waals surface area contributed by atoms with Crippen LogP contribution in [0.15, 0.2) is 0 Å². The molecule has 1 heterocycles. The van der Waals surface area contributed by atoms with E-state index in [1.807, 2.05) is 11.9 Å². The Labute approximate surface area is 102 Å². The van der Waals surface area contributed by atoms with Gasteiger partial charge in [-0.15, -0.1) is 0 Å². The van der Waals surface area contributed by atoms with Gasteiger partial charge in [-0.1, -0.05) is 0 Å². The fourth-order valence-electron chi connectivity index (χ4n) is 2.28. The van der Waals surface area contributed by atoms with E-state index < -0.39 is 0 Å². The Bertz CT molecular complexity index is 315. The third kappa shape index (κ3) is 3.43. The van der Waals surface area contributed by atoms with Gasteiger partial charge in [0.15, 0.2) is 0 Å². The van der Waals surface area contributed by atoms with Gasteiger partial charge in [-0.05, 0) is 25.8 Å². The molecular formula is C12H21N3O2. The Morgan fingerprint density at radius 1 is 1.24 bits per heavy atom. The molecule has 1 saturated carbocycles. The summed E-state index contributed by atoms with van der Waals surface area (Å²) in [5.74, 6) is 0.248. The minimum Gasteiger partial charge on any atom is -0.369 e. The summed E-state index contributed by atoms with van der Waals surface area (Å²) >= 11 is 0. The standard InChI is InChI=1S/C12H21N3O2/c1-14-4-5-15(8-10(7-14)12(13)17)11(16)6-9-2-3-9/h9-10H,2-8H2,1H3,(H2,13,17)/t10-/m0/s1. The van der Waals surface area contributed by atoms with Gasteiger partial charge in [-0.25, -0.2) is 0 Å². The number of nitrogens with two attached hydrogens (primary N) is 1. The number of carbonyl (C=O) groups is 2. The zero-order valence-corrected chi connectivity index (χ0v) is 10.4. The van der Waals surface area contributed by atoms with E-state index >= 15 is 0 Å². The normalized spacial score (nSPS) is 26.6. The highest BCUT2D eigenvalue weighted by atomic mass is 16.2. The number of rotatable bonds is 3. The van der Waals surface area contributed by atoms with Crippen LogP contribution in [0.3, 0.4) is 0 Å². The van der Waals surface area contributed by atoms with Crippen molar-refractivity contribution in [3.05, 3.63) is 0 Å². The number of nitrogens with zero attached hydrogens (tertiary/aromatic N) is 2. The lowest BCUT2D eigenvalue weighted by atomic mass is 10.1. The summed E-state index contributed by atoms with van der Waals surface area (Å²) in [6.07, 6.45) is 3.01. The van der Waals surface area contributed by atoms with Gasteiger partial charge in [-0.2, -0.15) is 0 Å². The second kappa shape index (κ2) is 5.04. The number of hydrogen-bond donors (Lipinski definition) is 1. The maximum Gasteiger partial charge on any atom is 0.223 e. The highest BCUT2D eigenvalue weighted by Gasteiger charge is 2.31. The van der Waals surface area contributed by atoms with Crippen LogP contribution in [0.1, 0.15) is 19.3 Å². The van der Waals surface area contributed by atoms with Crippen LogP contribution < -0.4 is 5.73 Å². The van der Waals surface area contributed by atoms with Gasteiger partial charge in [0.2, 0.25) is 11.8 Å². The van der Waals surface area contributed by atoms with Crippen LogP contribution in [-0.4, -0.2) is 54.8 Å². The van der Waals surface area contributed by atoms with Crippen molar-refractivity contribution < 1.29 is 9.59 Å². The molecular weight excluding hydrogens is 218 g/mol.